The first kappa shape index (κ1) is 27.8. The summed E-state index contributed by atoms with van der Waals surface area (Å²) in [4.78, 5) is 27.2. The third kappa shape index (κ3) is 4.98. The molecule has 40 heavy (non-hydrogen) atoms. The number of hydrogen-bond donors (Lipinski definition) is 1. The average molecular weight is 576 g/mol. The van der Waals surface area contributed by atoms with Crippen molar-refractivity contribution >= 4 is 21.6 Å². The predicted octanol–water partition coefficient (Wildman–Crippen LogP) is 4.90. The van der Waals surface area contributed by atoms with Crippen LogP contribution in [-0.2, 0) is 28.0 Å². The van der Waals surface area contributed by atoms with Crippen LogP contribution in [0.2, 0.25) is 0 Å². The van der Waals surface area contributed by atoms with Gasteiger partial charge in [0.25, 0.3) is 0 Å². The molecule has 1 aromatic carbocycles. The van der Waals surface area contributed by atoms with E-state index >= 15 is 0 Å². The summed E-state index contributed by atoms with van der Waals surface area (Å²) in [6.45, 7) is 2.10. The number of pyridine rings is 1. The molecule has 2 amide bonds. The second-order valence-corrected chi connectivity index (χ2v) is 12.2. The van der Waals surface area contributed by atoms with E-state index in [4.69, 9.17) is 9.72 Å². The van der Waals surface area contributed by atoms with Gasteiger partial charge in [0.2, 0.25) is 5.88 Å². The molecular weight excluding hydrogens is 547 g/mol. The molecule has 1 aliphatic carbocycles. The van der Waals surface area contributed by atoms with E-state index in [2.05, 4.69) is 15.3 Å². The van der Waals surface area contributed by atoms with Gasteiger partial charge in [-0.1, -0.05) is 31.9 Å². The minimum atomic E-state index is -4.75. The van der Waals surface area contributed by atoms with Crippen LogP contribution < -0.4 is 15.0 Å². The number of fused-ring (bicyclic) bond motifs is 2. The molecule has 2 aliphatic rings. The van der Waals surface area contributed by atoms with Crippen LogP contribution in [0.5, 0.6) is 5.88 Å². The van der Waals surface area contributed by atoms with Gasteiger partial charge in [0.15, 0.2) is 15.5 Å². The van der Waals surface area contributed by atoms with Crippen LogP contribution in [0.3, 0.4) is 0 Å². The molecule has 3 aromatic rings. The summed E-state index contributed by atoms with van der Waals surface area (Å²) in [6, 6.07) is 9.00. The first-order valence-corrected chi connectivity index (χ1v) is 14.5. The Labute approximate surface area is 229 Å². The molecule has 9 nitrogen and oxygen atoms in total. The van der Waals surface area contributed by atoms with Crippen LogP contribution in [0.1, 0.15) is 49.6 Å². The van der Waals surface area contributed by atoms with E-state index in [1.165, 1.54) is 25.3 Å². The molecular formula is C27H28F3N5O4S. The van der Waals surface area contributed by atoms with Crippen LogP contribution in [-0.4, -0.2) is 48.8 Å². The van der Waals surface area contributed by atoms with Gasteiger partial charge in [-0.15, -0.1) is 0 Å². The van der Waals surface area contributed by atoms with E-state index < -0.39 is 27.1 Å². The number of anilines is 1. The summed E-state index contributed by atoms with van der Waals surface area (Å²) in [5.41, 5.74) is -0.0905. The smallest absolute Gasteiger partial charge is 0.434 e. The largest absolute Gasteiger partial charge is 0.480 e. The topological polar surface area (TPSA) is 114 Å². The molecule has 1 spiro atoms. The lowest BCUT2D eigenvalue weighted by Crippen LogP contribution is -2.41. The molecule has 13 heteroatoms. The predicted molar refractivity (Wildman–Crippen MR) is 141 cm³/mol. The summed E-state index contributed by atoms with van der Waals surface area (Å²) >= 11 is 0. The Morgan fingerprint density at radius 3 is 2.42 bits per heavy atom. The van der Waals surface area contributed by atoms with Crippen LogP contribution in [0.15, 0.2) is 47.6 Å². The number of carbonyl (C=O) groups is 1. The maximum absolute atomic E-state index is 13.8. The number of halogens is 3. The fourth-order valence-corrected chi connectivity index (χ4v) is 6.40. The molecule has 2 aromatic heterocycles. The molecule has 3 heterocycles. The summed E-state index contributed by atoms with van der Waals surface area (Å²) in [7, 11) is -2.09. The Hall–Kier alpha value is -3.74. The van der Waals surface area contributed by atoms with Crippen molar-refractivity contribution in [3.63, 3.8) is 0 Å². The lowest BCUT2D eigenvalue weighted by atomic mass is 9.84. The van der Waals surface area contributed by atoms with Gasteiger partial charge in [0, 0.05) is 18.5 Å². The Balaban J connectivity index is 1.45. The van der Waals surface area contributed by atoms with Gasteiger partial charge >= 0.3 is 12.2 Å². The number of aromatic nitrogens is 3. The van der Waals surface area contributed by atoms with Crippen molar-refractivity contribution in [1.29, 1.82) is 0 Å². The standard InChI is InChI=1S/C27H28F3N5O4S/c1-3-40(37,38)18-8-6-17(7-9-18)14-31-25(36)35-15-26(12-4-5-13-26)22-20(35)11-10-19(34-22)21-23(27(28,29)30)32-16-33-24(21)39-2/h6-11,16H,3-5,12-15H2,1-2H3,(H,31,36). The highest BCUT2D eigenvalue weighted by Crippen LogP contribution is 2.51. The summed E-state index contributed by atoms with van der Waals surface area (Å²) in [6.07, 6.45) is -0.607. The lowest BCUT2D eigenvalue weighted by Gasteiger charge is -2.24. The number of sulfone groups is 1. The highest BCUT2D eigenvalue weighted by Gasteiger charge is 2.48. The number of amides is 2. The summed E-state index contributed by atoms with van der Waals surface area (Å²) < 4.78 is 70.8. The van der Waals surface area contributed by atoms with E-state index in [-0.39, 0.29) is 40.4 Å². The minimum Gasteiger partial charge on any atom is -0.480 e. The fraction of sp³-hybridized carbons (Fsp3) is 0.407. The molecule has 212 valence electrons. The number of benzene rings is 1. The van der Waals surface area contributed by atoms with Crippen molar-refractivity contribution in [2.75, 3.05) is 24.3 Å². The Morgan fingerprint density at radius 1 is 1.10 bits per heavy atom. The van der Waals surface area contributed by atoms with Crippen LogP contribution in [0.25, 0.3) is 11.3 Å². The quantitative estimate of drug-likeness (QED) is 0.445. The summed E-state index contributed by atoms with van der Waals surface area (Å²) in [5, 5.41) is 2.87. The second kappa shape index (κ2) is 10.3. The van der Waals surface area contributed by atoms with E-state index in [0.717, 1.165) is 37.6 Å². The molecule has 5 rings (SSSR count). The zero-order chi connectivity index (χ0) is 28.7. The number of urea groups is 1. The van der Waals surface area contributed by atoms with E-state index in [1.54, 1.807) is 30.0 Å². The van der Waals surface area contributed by atoms with Gasteiger partial charge in [-0.25, -0.2) is 28.2 Å². The van der Waals surface area contributed by atoms with E-state index in [9.17, 15) is 26.4 Å². The highest BCUT2D eigenvalue weighted by molar-refractivity contribution is 7.91. The SMILES string of the molecule is CCS(=O)(=O)c1ccc(CNC(=O)N2CC3(CCCC3)c3nc(-c4c(OC)ncnc4C(F)(F)F)ccc32)cc1. The molecule has 1 fully saturated rings. The monoisotopic (exact) mass is 575 g/mol. The van der Waals surface area contributed by atoms with Gasteiger partial charge in [0.1, 0.15) is 6.33 Å². The van der Waals surface area contributed by atoms with Gasteiger partial charge in [-0.2, -0.15) is 13.2 Å². The number of hydrogen-bond acceptors (Lipinski definition) is 7. The number of ether oxygens (including phenoxy) is 1. The molecule has 1 N–H and O–H groups in total. The van der Waals surface area contributed by atoms with Crippen molar-refractivity contribution in [1.82, 2.24) is 20.3 Å². The van der Waals surface area contributed by atoms with Crippen LogP contribution >= 0.6 is 0 Å². The Kier molecular flexibility index (Phi) is 7.19. The maximum Gasteiger partial charge on any atom is 0.434 e. The normalized spacial score (nSPS) is 16.3. The Morgan fingerprint density at radius 2 is 1.80 bits per heavy atom. The Bertz CT molecular complexity index is 1540. The molecule has 0 saturated heterocycles. The van der Waals surface area contributed by atoms with Crippen molar-refractivity contribution in [2.45, 2.75) is 55.6 Å². The second-order valence-electron chi connectivity index (χ2n) is 9.95. The molecule has 1 saturated carbocycles. The lowest BCUT2D eigenvalue weighted by molar-refractivity contribution is -0.140. The van der Waals surface area contributed by atoms with Gasteiger partial charge in [-0.3, -0.25) is 4.90 Å². The average Bonchev–Trinajstić information content (AvgIpc) is 3.55. The molecule has 0 bridgehead atoms. The van der Waals surface area contributed by atoms with Gasteiger partial charge in [0.05, 0.1) is 40.4 Å². The van der Waals surface area contributed by atoms with Crippen molar-refractivity contribution < 1.29 is 31.1 Å². The van der Waals surface area contributed by atoms with Crippen molar-refractivity contribution in [3.05, 3.63) is 59.7 Å². The van der Waals surface area contributed by atoms with Crippen LogP contribution in [0, 0.1) is 0 Å². The van der Waals surface area contributed by atoms with Gasteiger partial charge < -0.3 is 10.1 Å². The summed E-state index contributed by atoms with van der Waals surface area (Å²) in [5.74, 6) is -0.239. The van der Waals surface area contributed by atoms with E-state index in [0.29, 0.717) is 17.9 Å². The number of nitrogens with one attached hydrogen (secondary N) is 1. The van der Waals surface area contributed by atoms with Gasteiger partial charge in [-0.05, 0) is 42.7 Å². The minimum absolute atomic E-state index is 0.00343. The molecule has 0 radical (unpaired) electrons. The molecule has 1 aliphatic heterocycles. The first-order valence-electron chi connectivity index (χ1n) is 12.8. The number of alkyl halides is 3. The first-order chi connectivity index (χ1) is 19.0. The van der Waals surface area contributed by atoms with Crippen LogP contribution in [0.4, 0.5) is 23.7 Å². The van der Waals surface area contributed by atoms with E-state index in [1.807, 2.05) is 0 Å². The molecule has 0 atom stereocenters. The molecule has 0 unspecified atom stereocenters. The number of methoxy groups -OCH3 is 1. The number of nitrogens with zero attached hydrogens (tertiary/aromatic N) is 4. The fourth-order valence-electron chi connectivity index (χ4n) is 5.51. The zero-order valence-corrected chi connectivity index (χ0v) is 22.8. The number of carbonyl (C=O) groups excluding carboxylic acids is 1. The van der Waals surface area contributed by atoms with Crippen molar-refractivity contribution in [3.8, 4) is 17.1 Å². The highest BCUT2D eigenvalue weighted by atomic mass is 32.2. The third-order valence-corrected chi connectivity index (χ3v) is 9.32. The number of rotatable bonds is 6. The van der Waals surface area contributed by atoms with Crippen molar-refractivity contribution in [2.24, 2.45) is 0 Å². The maximum atomic E-state index is 13.8. The zero-order valence-electron chi connectivity index (χ0n) is 22.0. The third-order valence-electron chi connectivity index (χ3n) is 7.57.